The number of aryl methyl sites for hydroxylation is 4. The van der Waals surface area contributed by atoms with E-state index in [2.05, 4.69) is 237 Å². The van der Waals surface area contributed by atoms with Crippen LogP contribution in [0.3, 0.4) is 0 Å². The number of hydrogen-bond donors (Lipinski definition) is 0. The highest BCUT2D eigenvalue weighted by Gasteiger charge is 2.18. The van der Waals surface area contributed by atoms with Crippen LogP contribution in [0.25, 0.3) is 54.5 Å². The van der Waals surface area contributed by atoms with E-state index in [-0.39, 0.29) is 0 Å². The first-order valence-corrected chi connectivity index (χ1v) is 43.0. The fourth-order valence-electron chi connectivity index (χ4n) is 14.9. The zero-order valence-electron chi connectivity index (χ0n) is 65.0. The fourth-order valence-corrected chi connectivity index (χ4v) is 17.7. The van der Waals surface area contributed by atoms with Gasteiger partial charge in [0.2, 0.25) is 0 Å². The average Bonchev–Trinajstić information content (AvgIpc) is 0.795. The van der Waals surface area contributed by atoms with Crippen LogP contribution in [-0.4, -0.2) is 31.5 Å². The quantitative estimate of drug-likeness (QED) is 0.0503. The standard InChI is InChI=1S/C21H22ClN.C20H19BrClN.C20H20BrN.C20H19Cl2N.C19H18ClNO/c1-16(19-13-4-5-14-20(19)22)8-2-3-9-17-10-6-11-18-12-7-15-23-21(17)18;1-14(16-8-2-3-10-19(16)22)6-4-7-15-11-12-18(21)17-9-5-13-23-20(15)17;1-15(18-12-2-3-13-19(18)21)7-4-8-16-9-5-10-17-11-6-14-22-20(16)17;1-14(19-17(21)11-4-12-18(19)22)6-2-7-15-8-3-9-16-10-5-13-23-20(15)16;1-14(16-8-2-3-9-17(16)20)11-13-22-18-10-4-6-15-7-5-12-21-19(15)18/h4-7,10-16H,2-3,8-9H2,1H3;2-3,5,8-14H,4,6-7H2,1H3;2-3,5-6,9-15H,4,7-8H2,1H3;3-5,8-14H,2,6-7H2,1H3;2-10,12,14H,11,13H2,1H3. The van der Waals surface area contributed by atoms with Crippen LogP contribution in [-0.2, 0) is 25.7 Å². The number of rotatable bonds is 26. The molecule has 5 unspecified atom stereocenters. The van der Waals surface area contributed by atoms with E-state index in [4.69, 9.17) is 62.7 Å². The van der Waals surface area contributed by atoms with Crippen LogP contribution in [0.5, 0.6) is 5.75 Å². The van der Waals surface area contributed by atoms with Gasteiger partial charge in [-0.15, -0.1) is 0 Å². The van der Waals surface area contributed by atoms with Crippen LogP contribution in [0.2, 0.25) is 25.1 Å². The maximum Gasteiger partial charge on any atom is 0.145 e. The van der Waals surface area contributed by atoms with E-state index in [0.717, 1.165) is 132 Å². The summed E-state index contributed by atoms with van der Waals surface area (Å²) in [5, 5.41) is 10.0. The molecule has 5 atom stereocenters. The van der Waals surface area contributed by atoms with Gasteiger partial charge in [0.25, 0.3) is 0 Å². The molecular weight excluding hydrogens is 1620 g/mol. The van der Waals surface area contributed by atoms with E-state index in [0.29, 0.717) is 36.2 Å². The van der Waals surface area contributed by atoms with Crippen molar-refractivity contribution in [1.29, 1.82) is 0 Å². The molecule has 10 aromatic carbocycles. The van der Waals surface area contributed by atoms with Gasteiger partial charge < -0.3 is 4.74 Å². The number of para-hydroxylation sites is 4. The highest BCUT2D eigenvalue weighted by Crippen LogP contribution is 2.37. The van der Waals surface area contributed by atoms with Crippen LogP contribution >= 0.6 is 89.9 Å². The monoisotopic (exact) mass is 1720 g/mol. The average molecular weight is 1720 g/mol. The van der Waals surface area contributed by atoms with E-state index < -0.39 is 0 Å². The normalized spacial score (nSPS) is 12.4. The Kier molecular flexibility index (Phi) is 33.5. The highest BCUT2D eigenvalue weighted by atomic mass is 79.9. The van der Waals surface area contributed by atoms with Crippen molar-refractivity contribution in [3.8, 4) is 5.75 Å². The summed E-state index contributed by atoms with van der Waals surface area (Å²) in [7, 11) is 0. The number of aromatic nitrogens is 5. The summed E-state index contributed by atoms with van der Waals surface area (Å²) in [6, 6.07) is 88.6. The molecule has 0 aliphatic carbocycles. The van der Waals surface area contributed by atoms with E-state index in [1.165, 1.54) is 103 Å². The van der Waals surface area contributed by atoms with Crippen molar-refractivity contribution in [1.82, 2.24) is 24.9 Å². The third-order valence-electron chi connectivity index (χ3n) is 21.2. The van der Waals surface area contributed by atoms with Crippen molar-refractivity contribution in [2.75, 3.05) is 6.61 Å². The van der Waals surface area contributed by atoms with E-state index in [1.807, 2.05) is 140 Å². The topological polar surface area (TPSA) is 73.7 Å². The predicted molar refractivity (Wildman–Crippen MR) is 490 cm³/mol. The molecule has 15 aromatic rings. The van der Waals surface area contributed by atoms with Crippen LogP contribution in [0.4, 0.5) is 0 Å². The maximum absolute atomic E-state index is 6.30. The van der Waals surface area contributed by atoms with Gasteiger partial charge in [-0.05, 0) is 242 Å². The van der Waals surface area contributed by atoms with Gasteiger partial charge in [-0.1, -0.05) is 313 Å². The van der Waals surface area contributed by atoms with Gasteiger partial charge >= 0.3 is 0 Å². The molecule has 578 valence electrons. The molecule has 5 heterocycles. The van der Waals surface area contributed by atoms with Gasteiger partial charge in [0.1, 0.15) is 11.3 Å². The Morgan fingerprint density at radius 3 is 1.08 bits per heavy atom. The zero-order chi connectivity index (χ0) is 79.3. The number of fused-ring (bicyclic) bond motifs is 5. The summed E-state index contributed by atoms with van der Waals surface area (Å²) in [6.07, 6.45) is 24.7. The Hall–Kier alpha value is -8.54. The van der Waals surface area contributed by atoms with Crippen molar-refractivity contribution in [2.24, 2.45) is 0 Å². The third kappa shape index (κ3) is 24.5. The van der Waals surface area contributed by atoms with E-state index in [9.17, 15) is 0 Å². The first-order valence-electron chi connectivity index (χ1n) is 39.5. The Morgan fingerprint density at radius 2 is 0.611 bits per heavy atom. The predicted octanol–water partition coefficient (Wildman–Crippen LogP) is 31.4. The molecule has 0 amide bonds. The molecule has 0 fully saturated rings. The van der Waals surface area contributed by atoms with E-state index in [1.54, 1.807) is 6.20 Å². The Balaban J connectivity index is 0.000000139. The number of hydrogen-bond acceptors (Lipinski definition) is 6. The molecule has 0 aliphatic rings. The number of benzene rings is 10. The van der Waals surface area contributed by atoms with Crippen molar-refractivity contribution in [3.05, 3.63) is 376 Å². The van der Waals surface area contributed by atoms with Crippen LogP contribution < -0.4 is 4.74 Å². The lowest BCUT2D eigenvalue weighted by molar-refractivity contribution is 0.303. The Labute approximate surface area is 710 Å². The molecule has 0 bridgehead atoms. The minimum atomic E-state index is 0.346. The van der Waals surface area contributed by atoms with Gasteiger partial charge in [0.15, 0.2) is 0 Å². The van der Waals surface area contributed by atoms with Gasteiger partial charge in [-0.2, -0.15) is 0 Å². The van der Waals surface area contributed by atoms with Crippen LogP contribution in [0.1, 0.15) is 178 Å². The maximum atomic E-state index is 6.30. The summed E-state index contributed by atoms with van der Waals surface area (Å²) in [5.74, 6) is 3.09. The SMILES string of the molecule is CC(CCCCc1cccc2cccnc12)c1ccccc1Cl.CC(CCCc1ccc(Br)c2cccnc12)c1ccccc1Cl.CC(CCCc1cccc2cccnc12)c1c(Cl)cccc1Cl.CC(CCCc1cccc2cccnc12)c1ccccc1Br.CC(CCOc1cccc2cccnc12)c1ccccc1Cl. The molecule has 0 N–H and O–H groups in total. The first-order chi connectivity index (χ1) is 55.1. The highest BCUT2D eigenvalue weighted by molar-refractivity contribution is 9.11. The molecule has 0 aliphatic heterocycles. The minimum Gasteiger partial charge on any atom is -0.491 e. The second kappa shape index (κ2) is 44.4. The molecule has 5 aromatic heterocycles. The molecule has 0 spiro atoms. The van der Waals surface area contributed by atoms with Crippen molar-refractivity contribution >= 4 is 144 Å². The molecule has 6 nitrogen and oxygen atoms in total. The smallest absolute Gasteiger partial charge is 0.145 e. The number of nitrogens with zero attached hydrogens (tertiary/aromatic N) is 5. The summed E-state index contributed by atoms with van der Waals surface area (Å²) < 4.78 is 8.27. The molecular formula is C100H98Br2Cl5N5O. The minimum absolute atomic E-state index is 0.346. The number of halogens is 7. The van der Waals surface area contributed by atoms with Gasteiger partial charge in [0, 0.05) is 92.0 Å². The van der Waals surface area contributed by atoms with Gasteiger partial charge in [-0.25, -0.2) is 0 Å². The Bertz CT molecular complexity index is 5360. The zero-order valence-corrected chi connectivity index (χ0v) is 71.9. The fraction of sp³-hybridized carbons (Fsp3) is 0.250. The Morgan fingerprint density at radius 1 is 0.274 bits per heavy atom. The van der Waals surface area contributed by atoms with Gasteiger partial charge in [0.05, 0.1) is 28.7 Å². The first kappa shape index (κ1) is 85.3. The van der Waals surface area contributed by atoms with Crippen LogP contribution in [0.15, 0.2) is 301 Å². The second-order valence-electron chi connectivity index (χ2n) is 29.2. The summed E-state index contributed by atoms with van der Waals surface area (Å²) in [5.41, 5.74) is 16.9. The van der Waals surface area contributed by atoms with Crippen molar-refractivity contribution in [3.63, 3.8) is 0 Å². The second-order valence-corrected chi connectivity index (χ2v) is 32.9. The number of ether oxygens (including phenoxy) is 1. The molecule has 15 rings (SSSR count). The summed E-state index contributed by atoms with van der Waals surface area (Å²) >= 11 is 38.7. The summed E-state index contributed by atoms with van der Waals surface area (Å²) in [4.78, 5) is 22.6. The lowest BCUT2D eigenvalue weighted by Gasteiger charge is -2.15. The third-order valence-corrected chi connectivity index (χ3v) is 24.3. The summed E-state index contributed by atoms with van der Waals surface area (Å²) in [6.45, 7) is 11.8. The molecule has 113 heavy (non-hydrogen) atoms. The number of pyridine rings is 5. The number of unbranched alkanes of at least 4 members (excludes halogenated alkanes) is 1. The molecule has 0 radical (unpaired) electrons. The molecule has 0 saturated carbocycles. The van der Waals surface area contributed by atoms with Crippen molar-refractivity contribution in [2.45, 2.75) is 154 Å². The lowest BCUT2D eigenvalue weighted by atomic mass is 9.93. The largest absolute Gasteiger partial charge is 0.491 e. The van der Waals surface area contributed by atoms with Crippen LogP contribution in [0, 0.1) is 0 Å². The van der Waals surface area contributed by atoms with Gasteiger partial charge in [-0.3, -0.25) is 24.9 Å². The van der Waals surface area contributed by atoms with Crippen molar-refractivity contribution < 1.29 is 4.74 Å². The lowest BCUT2D eigenvalue weighted by Crippen LogP contribution is -2.04. The molecule has 13 heteroatoms. The van der Waals surface area contributed by atoms with E-state index >= 15 is 0 Å². The molecule has 0 saturated heterocycles.